The van der Waals surface area contributed by atoms with Crippen molar-refractivity contribution in [2.75, 3.05) is 0 Å². The van der Waals surface area contributed by atoms with Crippen molar-refractivity contribution in [1.29, 1.82) is 0 Å². The van der Waals surface area contributed by atoms with Crippen molar-refractivity contribution in [2.45, 2.75) is 46.0 Å². The number of hydrogen-bond acceptors (Lipinski definition) is 0. The van der Waals surface area contributed by atoms with Gasteiger partial charge in [-0.25, -0.2) is 8.78 Å². The molecule has 2 heteroatoms. The van der Waals surface area contributed by atoms with E-state index in [1.165, 1.54) is 49.8 Å². The quantitative estimate of drug-likeness (QED) is 0.365. The first-order valence-corrected chi connectivity index (χ1v) is 11.6. The maximum Gasteiger partial charge on any atom is 0.142 e. The van der Waals surface area contributed by atoms with Gasteiger partial charge in [0.15, 0.2) is 0 Å². The van der Waals surface area contributed by atoms with Crippen LogP contribution in [-0.4, -0.2) is 0 Å². The average Bonchev–Trinajstić information content (AvgIpc) is 2.80. The molecule has 3 aromatic rings. The Hall–Kier alpha value is -3.36. The molecule has 0 aromatic heterocycles. The highest BCUT2D eigenvalue weighted by atomic mass is 19.1. The van der Waals surface area contributed by atoms with Crippen LogP contribution in [0, 0.1) is 54.1 Å². The van der Waals surface area contributed by atoms with Crippen molar-refractivity contribution in [2.24, 2.45) is 11.8 Å². The van der Waals surface area contributed by atoms with E-state index in [9.17, 15) is 8.78 Å². The monoisotopic (exact) mass is 438 g/mol. The number of aryl methyl sites for hydroxylation is 1. The second-order valence-electron chi connectivity index (χ2n) is 9.21. The Balaban J connectivity index is 1.38. The van der Waals surface area contributed by atoms with E-state index in [4.69, 9.17) is 0 Å². The third kappa shape index (κ3) is 6.34. The summed E-state index contributed by atoms with van der Waals surface area (Å²) in [5.41, 5.74) is 4.27. The molecule has 1 fully saturated rings. The highest BCUT2D eigenvalue weighted by Gasteiger charge is 2.18. The van der Waals surface area contributed by atoms with Gasteiger partial charge in [0.2, 0.25) is 0 Å². The zero-order chi connectivity index (χ0) is 23.2. The SMILES string of the molecule is Cc1cc(F)c(C#Cc2ccc(C#Cc3ccc(CC4CCC(C)CC4)cc3)cc2)c(F)c1. The minimum atomic E-state index is -0.637. The minimum Gasteiger partial charge on any atom is -0.206 e. The van der Waals surface area contributed by atoms with E-state index in [0.717, 1.165) is 23.0 Å². The summed E-state index contributed by atoms with van der Waals surface area (Å²) in [6.07, 6.45) is 6.58. The Kier molecular flexibility index (Phi) is 7.26. The van der Waals surface area contributed by atoms with Gasteiger partial charge >= 0.3 is 0 Å². The summed E-state index contributed by atoms with van der Waals surface area (Å²) in [7, 11) is 0. The Morgan fingerprint density at radius 2 is 1.15 bits per heavy atom. The number of halogens is 2. The maximum absolute atomic E-state index is 13.9. The molecule has 3 aromatic carbocycles. The topological polar surface area (TPSA) is 0 Å². The van der Waals surface area contributed by atoms with Gasteiger partial charge in [-0.05, 0) is 97.7 Å². The second kappa shape index (κ2) is 10.5. The van der Waals surface area contributed by atoms with E-state index >= 15 is 0 Å². The van der Waals surface area contributed by atoms with E-state index in [1.807, 2.05) is 24.3 Å². The predicted molar refractivity (Wildman–Crippen MR) is 131 cm³/mol. The molecule has 0 aliphatic heterocycles. The maximum atomic E-state index is 13.9. The summed E-state index contributed by atoms with van der Waals surface area (Å²) in [4.78, 5) is 0. The standard InChI is InChI=1S/C31H28F2/c1-22-3-5-27(6-4-22)21-28-15-13-25(14-16-28)8-7-24-9-11-26(12-10-24)17-18-29-30(32)19-23(2)20-31(29)33/h9-16,19-20,22,27H,3-6,21H2,1-2H3. The van der Waals surface area contributed by atoms with Gasteiger partial charge < -0.3 is 0 Å². The summed E-state index contributed by atoms with van der Waals surface area (Å²) < 4.78 is 27.9. The van der Waals surface area contributed by atoms with Gasteiger partial charge in [0, 0.05) is 16.7 Å². The van der Waals surface area contributed by atoms with Gasteiger partial charge in [-0.3, -0.25) is 0 Å². The van der Waals surface area contributed by atoms with Crippen LogP contribution in [-0.2, 0) is 6.42 Å². The molecule has 0 radical (unpaired) electrons. The van der Waals surface area contributed by atoms with Crippen molar-refractivity contribution >= 4 is 0 Å². The summed E-state index contributed by atoms with van der Waals surface area (Å²) in [5.74, 6) is 12.2. The molecule has 0 spiro atoms. The summed E-state index contributed by atoms with van der Waals surface area (Å²) in [6.45, 7) is 4.01. The van der Waals surface area contributed by atoms with Gasteiger partial charge in [-0.1, -0.05) is 55.6 Å². The third-order valence-corrected chi connectivity index (χ3v) is 6.37. The second-order valence-corrected chi connectivity index (χ2v) is 9.21. The van der Waals surface area contributed by atoms with Gasteiger partial charge in [-0.15, -0.1) is 0 Å². The van der Waals surface area contributed by atoms with Crippen LogP contribution in [0.2, 0.25) is 0 Å². The van der Waals surface area contributed by atoms with Crippen molar-refractivity contribution < 1.29 is 8.78 Å². The van der Waals surface area contributed by atoms with Crippen molar-refractivity contribution in [3.05, 3.63) is 106 Å². The van der Waals surface area contributed by atoms with Crippen LogP contribution in [0.3, 0.4) is 0 Å². The van der Waals surface area contributed by atoms with E-state index in [-0.39, 0.29) is 5.56 Å². The van der Waals surface area contributed by atoms with Crippen LogP contribution >= 0.6 is 0 Å². The molecule has 1 saturated carbocycles. The molecule has 0 bridgehead atoms. The van der Waals surface area contributed by atoms with Crippen molar-refractivity contribution in [1.82, 2.24) is 0 Å². The molecule has 0 N–H and O–H groups in total. The van der Waals surface area contributed by atoms with E-state index in [1.54, 1.807) is 6.92 Å². The van der Waals surface area contributed by atoms with E-state index in [0.29, 0.717) is 11.1 Å². The van der Waals surface area contributed by atoms with Crippen LogP contribution in [0.4, 0.5) is 8.78 Å². The number of rotatable bonds is 2. The Bertz CT molecular complexity index is 1200. The van der Waals surface area contributed by atoms with Crippen LogP contribution in [0.25, 0.3) is 0 Å². The normalized spacial score (nSPS) is 17.5. The van der Waals surface area contributed by atoms with Crippen LogP contribution in [0.1, 0.15) is 66.0 Å². The lowest BCUT2D eigenvalue weighted by Gasteiger charge is -2.26. The fourth-order valence-electron chi connectivity index (χ4n) is 4.33. The molecule has 4 rings (SSSR count). The molecule has 1 aliphatic carbocycles. The zero-order valence-electron chi connectivity index (χ0n) is 19.2. The molecule has 0 unspecified atom stereocenters. The molecule has 1 aliphatic rings. The summed E-state index contributed by atoms with van der Waals surface area (Å²) in [5, 5.41) is 0. The van der Waals surface area contributed by atoms with Crippen LogP contribution < -0.4 is 0 Å². The largest absolute Gasteiger partial charge is 0.206 e. The van der Waals surface area contributed by atoms with Crippen LogP contribution in [0.5, 0.6) is 0 Å². The van der Waals surface area contributed by atoms with E-state index in [2.05, 4.69) is 54.9 Å². The molecule has 0 nitrogen and oxygen atoms in total. The Morgan fingerprint density at radius 1 is 0.697 bits per heavy atom. The number of benzene rings is 3. The van der Waals surface area contributed by atoms with Crippen LogP contribution in [0.15, 0.2) is 60.7 Å². The summed E-state index contributed by atoms with van der Waals surface area (Å²) >= 11 is 0. The fourth-order valence-corrected chi connectivity index (χ4v) is 4.33. The average molecular weight is 439 g/mol. The summed E-state index contributed by atoms with van der Waals surface area (Å²) in [6, 6.07) is 18.5. The molecule has 0 amide bonds. The van der Waals surface area contributed by atoms with Gasteiger partial charge in [0.05, 0.1) is 5.56 Å². The lowest BCUT2D eigenvalue weighted by atomic mass is 9.80. The zero-order valence-corrected chi connectivity index (χ0v) is 19.2. The van der Waals surface area contributed by atoms with Crippen molar-refractivity contribution in [3.63, 3.8) is 0 Å². The lowest BCUT2D eigenvalue weighted by molar-refractivity contribution is 0.289. The molecular weight excluding hydrogens is 410 g/mol. The smallest absolute Gasteiger partial charge is 0.142 e. The Labute approximate surface area is 196 Å². The lowest BCUT2D eigenvalue weighted by Crippen LogP contribution is -2.14. The molecule has 33 heavy (non-hydrogen) atoms. The molecular formula is C31H28F2. The minimum absolute atomic E-state index is 0.203. The number of hydrogen-bond donors (Lipinski definition) is 0. The van der Waals surface area contributed by atoms with Gasteiger partial charge in [-0.2, -0.15) is 0 Å². The molecule has 0 heterocycles. The molecule has 0 saturated heterocycles. The van der Waals surface area contributed by atoms with Gasteiger partial charge in [0.1, 0.15) is 11.6 Å². The first kappa shape index (κ1) is 22.8. The Morgan fingerprint density at radius 3 is 1.67 bits per heavy atom. The van der Waals surface area contributed by atoms with Gasteiger partial charge in [0.25, 0.3) is 0 Å². The predicted octanol–water partition coefficient (Wildman–Crippen LogP) is 7.44. The van der Waals surface area contributed by atoms with Crippen molar-refractivity contribution in [3.8, 4) is 23.7 Å². The highest BCUT2D eigenvalue weighted by molar-refractivity contribution is 5.48. The fraction of sp³-hybridized carbons (Fsp3) is 0.290. The highest BCUT2D eigenvalue weighted by Crippen LogP contribution is 2.30. The molecule has 0 atom stereocenters. The third-order valence-electron chi connectivity index (χ3n) is 6.37. The first-order valence-electron chi connectivity index (χ1n) is 11.6. The first-order chi connectivity index (χ1) is 16.0. The van der Waals surface area contributed by atoms with E-state index < -0.39 is 11.6 Å². The molecule has 166 valence electrons.